The fourth-order valence-corrected chi connectivity index (χ4v) is 4.52. The Balaban J connectivity index is 1.48. The van der Waals surface area contributed by atoms with Crippen LogP contribution in [0.4, 0.5) is 11.6 Å². The molecule has 1 saturated carbocycles. The monoisotopic (exact) mass is 352 g/mol. The van der Waals surface area contributed by atoms with Crippen LogP contribution in [0.2, 0.25) is 0 Å². The molecule has 3 N–H and O–H groups in total. The number of aromatic nitrogens is 2. The number of nitrogens with one attached hydrogen (secondary N) is 2. The van der Waals surface area contributed by atoms with Gasteiger partial charge in [-0.3, -0.25) is 0 Å². The van der Waals surface area contributed by atoms with Crippen molar-refractivity contribution in [1.29, 1.82) is 0 Å². The third kappa shape index (κ3) is 3.28. The highest BCUT2D eigenvalue weighted by molar-refractivity contribution is 5.51. The topological polar surface area (TPSA) is 70.1 Å². The van der Waals surface area contributed by atoms with Crippen molar-refractivity contribution in [1.82, 2.24) is 9.97 Å². The fraction of sp³-hybridized carbons (Fsp3) is 0.524. The molecule has 1 heterocycles. The summed E-state index contributed by atoms with van der Waals surface area (Å²) >= 11 is 0. The van der Waals surface area contributed by atoms with Crippen molar-refractivity contribution in [3.63, 3.8) is 0 Å². The summed E-state index contributed by atoms with van der Waals surface area (Å²) in [6, 6.07) is 11.2. The molecule has 0 saturated heterocycles. The molecule has 5 nitrogen and oxygen atoms in total. The average Bonchev–Trinajstić information content (AvgIpc) is 3.04. The maximum atomic E-state index is 9.95. The molecular formula is C21H28N4O. The van der Waals surface area contributed by atoms with E-state index in [9.17, 15) is 5.11 Å². The molecule has 0 spiro atoms. The lowest BCUT2D eigenvalue weighted by Crippen LogP contribution is -2.18. The highest BCUT2D eigenvalue weighted by Crippen LogP contribution is 2.45. The van der Waals surface area contributed by atoms with E-state index in [-0.39, 0.29) is 23.6 Å². The average molecular weight is 352 g/mol. The van der Waals surface area contributed by atoms with Crippen LogP contribution in [0.15, 0.2) is 36.7 Å². The number of benzene rings is 1. The zero-order valence-electron chi connectivity index (χ0n) is 15.7. The van der Waals surface area contributed by atoms with E-state index in [1.807, 2.05) is 6.07 Å². The summed E-state index contributed by atoms with van der Waals surface area (Å²) in [6.45, 7) is 6.69. The number of rotatable bonds is 4. The van der Waals surface area contributed by atoms with Crippen LogP contribution in [-0.4, -0.2) is 27.2 Å². The van der Waals surface area contributed by atoms with Gasteiger partial charge in [0, 0.05) is 12.1 Å². The van der Waals surface area contributed by atoms with E-state index in [2.05, 4.69) is 65.6 Å². The van der Waals surface area contributed by atoms with Crippen LogP contribution >= 0.6 is 0 Å². The summed E-state index contributed by atoms with van der Waals surface area (Å²) in [6.07, 6.45) is 4.18. The molecule has 0 radical (unpaired) electrons. The summed E-state index contributed by atoms with van der Waals surface area (Å²) in [5.74, 6) is 2.00. The molecule has 0 unspecified atom stereocenters. The van der Waals surface area contributed by atoms with Gasteiger partial charge >= 0.3 is 0 Å². The van der Waals surface area contributed by atoms with Crippen LogP contribution < -0.4 is 10.6 Å². The summed E-state index contributed by atoms with van der Waals surface area (Å²) in [5.41, 5.74) is 2.94. The number of hydrogen-bond donors (Lipinski definition) is 3. The number of hydrogen-bond acceptors (Lipinski definition) is 5. The van der Waals surface area contributed by atoms with Crippen molar-refractivity contribution >= 4 is 11.6 Å². The van der Waals surface area contributed by atoms with E-state index in [0.29, 0.717) is 5.92 Å². The SMILES string of the molecule is C[C@H]1C[C@@H](Nc2cc(N[C@H]3CC(C)(C)c4ccccc43)ncn2)C[C@@H]1O. The number of nitrogens with zero attached hydrogens (tertiary/aromatic N) is 2. The van der Waals surface area contributed by atoms with E-state index >= 15 is 0 Å². The first-order chi connectivity index (χ1) is 12.4. The molecule has 0 bridgehead atoms. The predicted octanol–water partition coefficient (Wildman–Crippen LogP) is 3.88. The molecule has 4 rings (SSSR count). The maximum Gasteiger partial charge on any atom is 0.131 e. The van der Waals surface area contributed by atoms with Crippen LogP contribution in [0, 0.1) is 5.92 Å². The van der Waals surface area contributed by atoms with Crippen LogP contribution in [0.5, 0.6) is 0 Å². The maximum absolute atomic E-state index is 9.95. The van der Waals surface area contributed by atoms with E-state index in [4.69, 9.17) is 0 Å². The Morgan fingerprint density at radius 3 is 2.54 bits per heavy atom. The minimum Gasteiger partial charge on any atom is -0.393 e. The lowest BCUT2D eigenvalue weighted by Gasteiger charge is -2.20. The van der Waals surface area contributed by atoms with Gasteiger partial charge in [0.2, 0.25) is 0 Å². The first-order valence-corrected chi connectivity index (χ1v) is 9.55. The highest BCUT2D eigenvalue weighted by atomic mass is 16.3. The summed E-state index contributed by atoms with van der Waals surface area (Å²) < 4.78 is 0. The van der Waals surface area contributed by atoms with Crippen molar-refractivity contribution < 1.29 is 5.11 Å². The minimum absolute atomic E-state index is 0.165. The molecule has 1 aromatic carbocycles. The molecular weight excluding hydrogens is 324 g/mol. The lowest BCUT2D eigenvalue weighted by atomic mass is 9.86. The van der Waals surface area contributed by atoms with Crippen LogP contribution in [-0.2, 0) is 5.41 Å². The Morgan fingerprint density at radius 2 is 1.81 bits per heavy atom. The van der Waals surface area contributed by atoms with Crippen LogP contribution in [0.1, 0.15) is 57.2 Å². The Labute approximate surface area is 155 Å². The number of anilines is 2. The summed E-state index contributed by atoms with van der Waals surface area (Å²) in [4.78, 5) is 8.77. The molecule has 1 aromatic heterocycles. The summed E-state index contributed by atoms with van der Waals surface area (Å²) in [7, 11) is 0. The van der Waals surface area contributed by atoms with Crippen molar-refractivity contribution in [3.05, 3.63) is 47.8 Å². The first-order valence-electron chi connectivity index (χ1n) is 9.55. The highest BCUT2D eigenvalue weighted by Gasteiger charge is 2.36. The number of aliphatic hydroxyl groups is 1. The predicted molar refractivity (Wildman–Crippen MR) is 104 cm³/mol. The molecule has 0 aliphatic heterocycles. The molecule has 4 atom stereocenters. The fourth-order valence-electron chi connectivity index (χ4n) is 4.52. The zero-order valence-corrected chi connectivity index (χ0v) is 15.7. The van der Waals surface area contributed by atoms with Gasteiger partial charge in [-0.25, -0.2) is 9.97 Å². The van der Waals surface area contributed by atoms with E-state index in [1.54, 1.807) is 6.33 Å². The smallest absolute Gasteiger partial charge is 0.131 e. The second kappa shape index (κ2) is 6.54. The van der Waals surface area contributed by atoms with E-state index < -0.39 is 0 Å². The quantitative estimate of drug-likeness (QED) is 0.779. The minimum atomic E-state index is -0.218. The van der Waals surface area contributed by atoms with Gasteiger partial charge < -0.3 is 15.7 Å². The van der Waals surface area contributed by atoms with Gasteiger partial charge in [-0.15, -0.1) is 0 Å². The Bertz CT molecular complexity index is 781. The van der Waals surface area contributed by atoms with Crippen LogP contribution in [0.3, 0.4) is 0 Å². The molecule has 2 aliphatic rings. The van der Waals surface area contributed by atoms with Crippen molar-refractivity contribution in [2.24, 2.45) is 5.92 Å². The van der Waals surface area contributed by atoms with Crippen molar-refractivity contribution in [2.45, 2.75) is 63.6 Å². The van der Waals surface area contributed by atoms with Gasteiger partial charge in [0.25, 0.3) is 0 Å². The first kappa shape index (κ1) is 17.3. The normalized spacial score (nSPS) is 29.4. The number of fused-ring (bicyclic) bond motifs is 1. The van der Waals surface area contributed by atoms with E-state index in [0.717, 1.165) is 30.9 Å². The van der Waals surface area contributed by atoms with Crippen LogP contribution in [0.25, 0.3) is 0 Å². The van der Waals surface area contributed by atoms with Gasteiger partial charge in [-0.2, -0.15) is 0 Å². The Hall–Kier alpha value is -2.14. The standard InChI is InChI=1S/C21H28N4O/c1-13-8-14(9-18(13)26)24-19-10-20(23-12-22-19)25-17-11-21(2,3)16-7-5-4-6-15(16)17/h4-7,10,12-14,17-18,26H,8-9,11H2,1-3H3,(H2,22,23,24,25)/t13-,14+,17-,18-/m0/s1. The van der Waals surface area contributed by atoms with Gasteiger partial charge in [0.15, 0.2) is 0 Å². The molecule has 0 amide bonds. The zero-order chi connectivity index (χ0) is 18.3. The molecule has 2 aromatic rings. The number of aliphatic hydroxyl groups excluding tert-OH is 1. The summed E-state index contributed by atoms with van der Waals surface area (Å²) in [5, 5.41) is 17.0. The molecule has 138 valence electrons. The van der Waals surface area contributed by atoms with Gasteiger partial charge in [0.1, 0.15) is 18.0 Å². The van der Waals surface area contributed by atoms with Crippen molar-refractivity contribution in [2.75, 3.05) is 10.6 Å². The lowest BCUT2D eigenvalue weighted by molar-refractivity contribution is 0.141. The van der Waals surface area contributed by atoms with Gasteiger partial charge in [-0.05, 0) is 41.7 Å². The third-order valence-electron chi connectivity index (χ3n) is 5.96. The second-order valence-corrected chi connectivity index (χ2v) is 8.52. The largest absolute Gasteiger partial charge is 0.393 e. The molecule has 26 heavy (non-hydrogen) atoms. The van der Waals surface area contributed by atoms with Crippen molar-refractivity contribution in [3.8, 4) is 0 Å². The Morgan fingerprint density at radius 1 is 1.08 bits per heavy atom. The second-order valence-electron chi connectivity index (χ2n) is 8.52. The van der Waals surface area contributed by atoms with Gasteiger partial charge in [-0.1, -0.05) is 45.0 Å². The Kier molecular flexibility index (Phi) is 4.35. The van der Waals surface area contributed by atoms with E-state index in [1.165, 1.54) is 11.1 Å². The molecule has 2 aliphatic carbocycles. The molecule has 5 heteroatoms. The molecule has 1 fully saturated rings. The van der Waals surface area contributed by atoms with Gasteiger partial charge in [0.05, 0.1) is 12.1 Å². The third-order valence-corrected chi connectivity index (χ3v) is 5.96.